The number of nitrogens with zero attached hydrogens (tertiary/aromatic N) is 6. The SMILES string of the molecule is N#Cc1cncc(N(C(=O)C2CCC(=O)N2c2cc(C#N)ccn2)C(CNC2CC(F)(F)C2)c2ccccc2)c1. The van der Waals surface area contributed by atoms with Gasteiger partial charge >= 0.3 is 0 Å². The maximum Gasteiger partial charge on any atom is 0.251 e. The van der Waals surface area contributed by atoms with Crippen LogP contribution < -0.4 is 15.1 Å². The van der Waals surface area contributed by atoms with E-state index in [4.69, 9.17) is 0 Å². The molecule has 40 heavy (non-hydrogen) atoms. The van der Waals surface area contributed by atoms with Crippen molar-refractivity contribution in [2.45, 2.75) is 49.7 Å². The first-order chi connectivity index (χ1) is 19.3. The van der Waals surface area contributed by atoms with Crippen molar-refractivity contribution in [1.82, 2.24) is 15.3 Å². The van der Waals surface area contributed by atoms with E-state index in [1.54, 1.807) is 0 Å². The summed E-state index contributed by atoms with van der Waals surface area (Å²) in [5.41, 5.74) is 1.59. The van der Waals surface area contributed by atoms with Gasteiger partial charge in [-0.1, -0.05) is 30.3 Å². The lowest BCUT2D eigenvalue weighted by Gasteiger charge is -2.39. The number of anilines is 2. The lowest BCUT2D eigenvalue weighted by atomic mass is 9.88. The third-order valence-corrected chi connectivity index (χ3v) is 7.17. The Morgan fingerprint density at radius 1 is 1.12 bits per heavy atom. The van der Waals surface area contributed by atoms with Gasteiger partial charge in [0.25, 0.3) is 11.8 Å². The monoisotopic (exact) mass is 541 g/mol. The highest BCUT2D eigenvalue weighted by molar-refractivity contribution is 6.08. The van der Waals surface area contributed by atoms with E-state index in [2.05, 4.69) is 15.3 Å². The fourth-order valence-corrected chi connectivity index (χ4v) is 5.18. The van der Waals surface area contributed by atoms with Gasteiger partial charge in [-0.2, -0.15) is 10.5 Å². The molecule has 202 valence electrons. The molecule has 3 heterocycles. The van der Waals surface area contributed by atoms with E-state index >= 15 is 0 Å². The number of rotatable bonds is 8. The Hall–Kier alpha value is -4.74. The number of hydrogen-bond acceptors (Lipinski definition) is 7. The average Bonchev–Trinajstić information content (AvgIpc) is 3.35. The number of carbonyl (C=O) groups excluding carboxylic acids is 2. The van der Waals surface area contributed by atoms with Crippen LogP contribution in [0, 0.1) is 22.7 Å². The Morgan fingerprint density at radius 3 is 2.58 bits per heavy atom. The third kappa shape index (κ3) is 5.51. The van der Waals surface area contributed by atoms with Crippen molar-refractivity contribution in [3.63, 3.8) is 0 Å². The van der Waals surface area contributed by atoms with Gasteiger partial charge in [0.1, 0.15) is 17.9 Å². The molecule has 0 spiro atoms. The van der Waals surface area contributed by atoms with Crippen LogP contribution in [0.4, 0.5) is 20.3 Å². The fraction of sp³-hybridized carbons (Fsp3) is 0.310. The van der Waals surface area contributed by atoms with Crippen molar-refractivity contribution in [2.24, 2.45) is 0 Å². The zero-order chi connectivity index (χ0) is 28.3. The Morgan fingerprint density at radius 2 is 1.88 bits per heavy atom. The summed E-state index contributed by atoms with van der Waals surface area (Å²) in [7, 11) is 0. The Kier molecular flexibility index (Phi) is 7.50. The maximum absolute atomic E-state index is 14.5. The minimum Gasteiger partial charge on any atom is -0.311 e. The number of halogens is 2. The summed E-state index contributed by atoms with van der Waals surface area (Å²) in [5.74, 6) is -3.27. The van der Waals surface area contributed by atoms with Gasteiger partial charge in [-0.05, 0) is 30.2 Å². The number of pyridine rings is 2. The molecule has 3 aromatic rings. The van der Waals surface area contributed by atoms with Gasteiger partial charge in [0, 0.05) is 44.2 Å². The lowest BCUT2D eigenvalue weighted by molar-refractivity contribution is -0.122. The number of amides is 2. The van der Waals surface area contributed by atoms with E-state index in [0.717, 1.165) is 5.56 Å². The van der Waals surface area contributed by atoms with E-state index in [1.807, 2.05) is 42.5 Å². The summed E-state index contributed by atoms with van der Waals surface area (Å²) in [6.07, 6.45) is 3.97. The van der Waals surface area contributed by atoms with E-state index in [0.29, 0.717) is 11.3 Å². The van der Waals surface area contributed by atoms with Gasteiger partial charge in [0.15, 0.2) is 0 Å². The first kappa shape index (κ1) is 26.9. The predicted molar refractivity (Wildman–Crippen MR) is 141 cm³/mol. The van der Waals surface area contributed by atoms with Crippen molar-refractivity contribution in [3.05, 3.63) is 83.8 Å². The highest BCUT2D eigenvalue weighted by atomic mass is 19.3. The molecule has 1 N–H and O–H groups in total. The first-order valence-corrected chi connectivity index (χ1v) is 12.8. The second kappa shape index (κ2) is 11.2. The zero-order valence-electron chi connectivity index (χ0n) is 21.4. The Labute approximate surface area is 229 Å². The average molecular weight is 542 g/mol. The molecule has 0 radical (unpaired) electrons. The van der Waals surface area contributed by atoms with Crippen LogP contribution in [0.15, 0.2) is 67.1 Å². The number of hydrogen-bond donors (Lipinski definition) is 1. The normalized spacial score (nSPS) is 18.9. The number of carbonyl (C=O) groups is 2. The molecule has 1 aliphatic carbocycles. The second-order valence-corrected chi connectivity index (χ2v) is 9.88. The standard InChI is InChI=1S/C29H25F2N7O2/c30-29(31)12-22(13-29)36-18-25(21-4-2-1-3-5-21)37(23-10-20(15-33)16-34-17-23)28(40)24-6-7-27(39)38(24)26-11-19(14-32)8-9-35-26/h1-5,8-11,16-17,22,24-25,36H,6-7,12-13,18H2. The van der Waals surface area contributed by atoms with Crippen LogP contribution in [0.5, 0.6) is 0 Å². The van der Waals surface area contributed by atoms with Crippen LogP contribution in [0.2, 0.25) is 0 Å². The zero-order valence-corrected chi connectivity index (χ0v) is 21.4. The smallest absolute Gasteiger partial charge is 0.251 e. The summed E-state index contributed by atoms with van der Waals surface area (Å²) < 4.78 is 27.1. The number of aromatic nitrogens is 2. The van der Waals surface area contributed by atoms with E-state index in [9.17, 15) is 28.9 Å². The summed E-state index contributed by atoms with van der Waals surface area (Å²) in [6, 6.07) is 15.7. The van der Waals surface area contributed by atoms with Gasteiger partial charge in [-0.3, -0.25) is 19.5 Å². The molecule has 1 aromatic carbocycles. The largest absolute Gasteiger partial charge is 0.311 e. The van der Waals surface area contributed by atoms with Crippen LogP contribution in [-0.2, 0) is 9.59 Å². The predicted octanol–water partition coefficient (Wildman–Crippen LogP) is 3.88. The van der Waals surface area contributed by atoms with Crippen molar-refractivity contribution in [3.8, 4) is 12.1 Å². The number of alkyl halides is 2. The minimum absolute atomic E-state index is 0.102. The third-order valence-electron chi connectivity index (χ3n) is 7.17. The number of nitrogens with one attached hydrogen (secondary N) is 1. The number of benzene rings is 1. The maximum atomic E-state index is 14.5. The summed E-state index contributed by atoms with van der Waals surface area (Å²) in [6.45, 7) is 0.149. The van der Waals surface area contributed by atoms with Gasteiger partial charge in [-0.25, -0.2) is 13.8 Å². The molecular formula is C29H25F2N7O2. The lowest BCUT2D eigenvalue weighted by Crippen LogP contribution is -2.53. The molecule has 11 heteroatoms. The quantitative estimate of drug-likeness (QED) is 0.459. The van der Waals surface area contributed by atoms with Gasteiger partial charge < -0.3 is 10.2 Å². The molecule has 1 saturated carbocycles. The van der Waals surface area contributed by atoms with Crippen molar-refractivity contribution >= 4 is 23.3 Å². The Bertz CT molecular complexity index is 1490. The minimum atomic E-state index is -2.71. The topological polar surface area (TPSA) is 126 Å². The molecular weight excluding hydrogens is 516 g/mol. The second-order valence-electron chi connectivity index (χ2n) is 9.88. The van der Waals surface area contributed by atoms with Crippen molar-refractivity contribution in [1.29, 1.82) is 10.5 Å². The van der Waals surface area contributed by atoms with E-state index < -0.39 is 30.0 Å². The van der Waals surface area contributed by atoms with Crippen molar-refractivity contribution in [2.75, 3.05) is 16.3 Å². The molecule has 9 nitrogen and oxygen atoms in total. The molecule has 2 unspecified atom stereocenters. The van der Waals surface area contributed by atoms with Gasteiger partial charge in [0.05, 0.1) is 35.1 Å². The first-order valence-electron chi connectivity index (χ1n) is 12.8. The molecule has 2 aromatic heterocycles. The van der Waals surface area contributed by atoms with Crippen LogP contribution >= 0.6 is 0 Å². The Balaban J connectivity index is 1.56. The van der Waals surface area contributed by atoms with Crippen LogP contribution in [-0.4, -0.2) is 46.3 Å². The number of nitriles is 2. The molecule has 1 saturated heterocycles. The summed E-state index contributed by atoms with van der Waals surface area (Å²) in [5, 5.41) is 22.0. The van der Waals surface area contributed by atoms with E-state index in [1.165, 1.54) is 46.6 Å². The summed E-state index contributed by atoms with van der Waals surface area (Å²) in [4.78, 5) is 38.7. The van der Waals surface area contributed by atoms with Crippen molar-refractivity contribution < 1.29 is 18.4 Å². The highest BCUT2D eigenvalue weighted by Gasteiger charge is 2.46. The molecule has 2 amide bonds. The molecule has 2 atom stereocenters. The highest BCUT2D eigenvalue weighted by Crippen LogP contribution is 2.38. The molecule has 1 aliphatic heterocycles. The molecule has 2 aliphatic rings. The van der Waals surface area contributed by atoms with Crippen LogP contribution in [0.25, 0.3) is 0 Å². The van der Waals surface area contributed by atoms with Crippen LogP contribution in [0.3, 0.4) is 0 Å². The molecule has 0 bridgehead atoms. The fourth-order valence-electron chi connectivity index (χ4n) is 5.18. The summed E-state index contributed by atoms with van der Waals surface area (Å²) >= 11 is 0. The molecule has 5 rings (SSSR count). The van der Waals surface area contributed by atoms with Gasteiger partial charge in [0.2, 0.25) is 5.91 Å². The van der Waals surface area contributed by atoms with Gasteiger partial charge in [-0.15, -0.1) is 0 Å². The molecule has 2 fully saturated rings. The van der Waals surface area contributed by atoms with Crippen LogP contribution in [0.1, 0.15) is 48.4 Å². The van der Waals surface area contributed by atoms with E-state index in [-0.39, 0.29) is 49.5 Å².